The van der Waals surface area contributed by atoms with Crippen molar-refractivity contribution in [3.05, 3.63) is 48.0 Å². The first kappa shape index (κ1) is 39.2. The van der Waals surface area contributed by atoms with Crippen LogP contribution >= 0.6 is 0 Å². The zero-order valence-electron chi connectivity index (χ0n) is 30.6. The molecule has 3 aromatic carbocycles. The molecule has 266 valence electrons. The first-order chi connectivity index (χ1) is 23.5. The summed E-state index contributed by atoms with van der Waals surface area (Å²) in [7, 11) is 0. The van der Waals surface area contributed by atoms with E-state index in [0.29, 0.717) is 37.6 Å². The lowest BCUT2D eigenvalue weighted by Crippen LogP contribution is -2.30. The van der Waals surface area contributed by atoms with Gasteiger partial charge in [0.1, 0.15) is 11.5 Å². The van der Waals surface area contributed by atoms with Crippen LogP contribution in [0.5, 0.6) is 11.5 Å². The molecule has 2 unspecified atom stereocenters. The van der Waals surface area contributed by atoms with Gasteiger partial charge in [-0.15, -0.1) is 0 Å². The van der Waals surface area contributed by atoms with Crippen LogP contribution in [0, 0.1) is 0 Å². The predicted molar refractivity (Wildman–Crippen MR) is 198 cm³/mol. The molecule has 6 nitrogen and oxygen atoms in total. The summed E-state index contributed by atoms with van der Waals surface area (Å²) in [6.45, 7) is 11.5. The maximum Gasteiger partial charge on any atom is 0.347 e. The van der Waals surface area contributed by atoms with Gasteiger partial charge >= 0.3 is 11.9 Å². The van der Waals surface area contributed by atoms with E-state index in [0.717, 1.165) is 97.7 Å². The second-order valence-electron chi connectivity index (χ2n) is 13.1. The summed E-state index contributed by atoms with van der Waals surface area (Å²) in [4.78, 5) is 26.9. The molecule has 3 rings (SSSR count). The van der Waals surface area contributed by atoms with Gasteiger partial charge in [0.25, 0.3) is 0 Å². The van der Waals surface area contributed by atoms with E-state index in [1.807, 2.05) is 24.3 Å². The molecule has 3 aromatic rings. The van der Waals surface area contributed by atoms with Crippen LogP contribution < -0.4 is 9.47 Å². The first-order valence-electron chi connectivity index (χ1n) is 19.1. The van der Waals surface area contributed by atoms with Gasteiger partial charge in [-0.1, -0.05) is 135 Å². The molecule has 48 heavy (non-hydrogen) atoms. The summed E-state index contributed by atoms with van der Waals surface area (Å²) >= 11 is 0. The topological polar surface area (TPSA) is 71.1 Å². The summed E-state index contributed by atoms with van der Waals surface area (Å²) in [6, 6.07) is 14.3. The SMILES string of the molecule is CCCCCCCC(Oc1c2ccccc2c(OC(CCCCCCC)C(=O)OCCCC)c2cc(CC)ccc12)C(=O)OCCCC. The Morgan fingerprint density at radius 3 is 1.42 bits per heavy atom. The number of aryl methyl sites for hydroxylation is 1. The van der Waals surface area contributed by atoms with Crippen LogP contribution in [-0.2, 0) is 25.5 Å². The third kappa shape index (κ3) is 12.0. The number of carbonyl (C=O) groups is 2. The summed E-state index contributed by atoms with van der Waals surface area (Å²) in [6.07, 6.45) is 15.1. The van der Waals surface area contributed by atoms with Gasteiger partial charge in [-0.3, -0.25) is 0 Å². The van der Waals surface area contributed by atoms with E-state index in [1.54, 1.807) is 0 Å². The molecule has 0 saturated heterocycles. The maximum absolute atomic E-state index is 13.5. The van der Waals surface area contributed by atoms with Crippen molar-refractivity contribution in [2.75, 3.05) is 13.2 Å². The minimum Gasteiger partial charge on any atom is -0.477 e. The highest BCUT2D eigenvalue weighted by molar-refractivity contribution is 6.11. The van der Waals surface area contributed by atoms with Crippen LogP contribution in [0.1, 0.15) is 143 Å². The Hall–Kier alpha value is -3.28. The Kier molecular flexibility index (Phi) is 18.3. The van der Waals surface area contributed by atoms with Crippen molar-refractivity contribution in [1.29, 1.82) is 0 Å². The van der Waals surface area contributed by atoms with E-state index in [4.69, 9.17) is 18.9 Å². The van der Waals surface area contributed by atoms with E-state index in [-0.39, 0.29) is 11.9 Å². The Bertz CT molecular complexity index is 1380. The standard InChI is InChI=1S/C42H62O6/c1-6-11-15-17-19-25-37(41(43)45-29-13-8-3)47-39-33-23-21-22-24-34(33)40(36-31-32(10-5)27-28-35(36)39)48-38(26-20-18-16-12-7-2)42(44)46-30-14-9-4/h21-24,27-28,31,37-38H,6-20,25-26,29-30H2,1-5H3. The molecule has 0 aromatic heterocycles. The van der Waals surface area contributed by atoms with Crippen molar-refractivity contribution in [3.63, 3.8) is 0 Å². The van der Waals surface area contributed by atoms with Crippen molar-refractivity contribution < 1.29 is 28.5 Å². The van der Waals surface area contributed by atoms with E-state index < -0.39 is 12.2 Å². The fourth-order valence-corrected chi connectivity index (χ4v) is 6.04. The van der Waals surface area contributed by atoms with Crippen molar-refractivity contribution in [3.8, 4) is 11.5 Å². The lowest BCUT2D eigenvalue weighted by Gasteiger charge is -2.24. The Morgan fingerprint density at radius 2 is 0.958 bits per heavy atom. The molecule has 0 aliphatic rings. The van der Waals surface area contributed by atoms with E-state index in [1.165, 1.54) is 25.7 Å². The lowest BCUT2D eigenvalue weighted by atomic mass is 9.97. The molecule has 0 saturated carbocycles. The minimum absolute atomic E-state index is 0.305. The average molecular weight is 663 g/mol. The Morgan fingerprint density at radius 1 is 0.521 bits per heavy atom. The highest BCUT2D eigenvalue weighted by atomic mass is 16.6. The molecule has 2 atom stereocenters. The first-order valence-corrected chi connectivity index (χ1v) is 19.1. The number of esters is 2. The van der Waals surface area contributed by atoms with Gasteiger partial charge in [-0.25, -0.2) is 9.59 Å². The normalized spacial score (nSPS) is 12.6. The van der Waals surface area contributed by atoms with E-state index in [2.05, 4.69) is 52.8 Å². The quantitative estimate of drug-likeness (QED) is 0.0511. The van der Waals surface area contributed by atoms with E-state index in [9.17, 15) is 9.59 Å². The van der Waals surface area contributed by atoms with Crippen LogP contribution in [0.4, 0.5) is 0 Å². The molecule has 0 N–H and O–H groups in total. The van der Waals surface area contributed by atoms with Crippen LogP contribution in [0.3, 0.4) is 0 Å². The van der Waals surface area contributed by atoms with E-state index >= 15 is 0 Å². The smallest absolute Gasteiger partial charge is 0.347 e. The zero-order valence-corrected chi connectivity index (χ0v) is 30.6. The summed E-state index contributed by atoms with van der Waals surface area (Å²) in [5, 5.41) is 3.44. The van der Waals surface area contributed by atoms with Crippen molar-refractivity contribution >= 4 is 33.5 Å². The van der Waals surface area contributed by atoms with Crippen LogP contribution in [-0.4, -0.2) is 37.4 Å². The van der Waals surface area contributed by atoms with Crippen molar-refractivity contribution in [1.82, 2.24) is 0 Å². The fourth-order valence-electron chi connectivity index (χ4n) is 6.04. The van der Waals surface area contributed by atoms with Crippen LogP contribution in [0.25, 0.3) is 21.5 Å². The number of hydrogen-bond donors (Lipinski definition) is 0. The number of hydrogen-bond acceptors (Lipinski definition) is 6. The average Bonchev–Trinajstić information content (AvgIpc) is 3.10. The molecule has 0 bridgehead atoms. The molecule has 0 aliphatic carbocycles. The van der Waals surface area contributed by atoms with Crippen molar-refractivity contribution in [2.45, 2.75) is 156 Å². The Labute approximate surface area is 290 Å². The van der Waals surface area contributed by atoms with Gasteiger partial charge in [0.15, 0.2) is 12.2 Å². The predicted octanol–water partition coefficient (Wildman–Crippen LogP) is 11.5. The fraction of sp³-hybridized carbons (Fsp3) is 0.619. The maximum atomic E-state index is 13.5. The molecule has 0 aliphatic heterocycles. The van der Waals surface area contributed by atoms with Crippen LogP contribution in [0.2, 0.25) is 0 Å². The van der Waals surface area contributed by atoms with Gasteiger partial charge in [0, 0.05) is 21.5 Å². The summed E-state index contributed by atoms with van der Waals surface area (Å²) < 4.78 is 25.0. The molecule has 0 heterocycles. The molecule has 0 amide bonds. The highest BCUT2D eigenvalue weighted by Crippen LogP contribution is 2.44. The molecular weight excluding hydrogens is 600 g/mol. The Balaban J connectivity index is 2.08. The zero-order chi connectivity index (χ0) is 34.6. The summed E-state index contributed by atoms with van der Waals surface area (Å²) in [5.41, 5.74) is 1.15. The number of unbranched alkanes of at least 4 members (excludes halogenated alkanes) is 10. The second-order valence-corrected chi connectivity index (χ2v) is 13.1. The summed E-state index contributed by atoms with van der Waals surface area (Å²) in [5.74, 6) is 0.708. The molecule has 6 heteroatoms. The molecule has 0 radical (unpaired) electrons. The van der Waals surface area contributed by atoms with Crippen molar-refractivity contribution in [2.24, 2.45) is 0 Å². The monoisotopic (exact) mass is 662 g/mol. The number of rotatable bonds is 25. The minimum atomic E-state index is -0.712. The van der Waals surface area contributed by atoms with Gasteiger partial charge < -0.3 is 18.9 Å². The third-order valence-corrected chi connectivity index (χ3v) is 9.07. The molecule has 0 fully saturated rings. The number of fused-ring (bicyclic) bond motifs is 2. The molecule has 0 spiro atoms. The van der Waals surface area contributed by atoms with Gasteiger partial charge in [0.05, 0.1) is 13.2 Å². The highest BCUT2D eigenvalue weighted by Gasteiger charge is 2.28. The van der Waals surface area contributed by atoms with Gasteiger partial charge in [-0.2, -0.15) is 0 Å². The largest absolute Gasteiger partial charge is 0.477 e. The molecular formula is C42H62O6. The number of carbonyl (C=O) groups excluding carboxylic acids is 2. The van der Waals surface area contributed by atoms with Gasteiger partial charge in [0.2, 0.25) is 0 Å². The number of benzene rings is 3. The second kappa shape index (κ2) is 22.4. The number of ether oxygens (including phenoxy) is 4. The third-order valence-electron chi connectivity index (χ3n) is 9.07. The van der Waals surface area contributed by atoms with Crippen LogP contribution in [0.15, 0.2) is 42.5 Å². The van der Waals surface area contributed by atoms with Gasteiger partial charge in [-0.05, 0) is 56.6 Å². The lowest BCUT2D eigenvalue weighted by molar-refractivity contribution is -0.153.